The lowest BCUT2D eigenvalue weighted by Gasteiger charge is -2.36. The molecule has 0 amide bonds. The van der Waals surface area contributed by atoms with Gasteiger partial charge in [-0.15, -0.1) is 0 Å². The molecule has 2 aliphatic heterocycles. The number of cyclic esters (lactones) is 1. The van der Waals surface area contributed by atoms with Gasteiger partial charge in [0.05, 0.1) is 6.61 Å². The first-order chi connectivity index (χ1) is 8.85. The molecule has 2 aliphatic rings. The molecule has 0 radical (unpaired) electrons. The van der Waals surface area contributed by atoms with Crippen molar-refractivity contribution < 1.29 is 14.1 Å². The first kappa shape index (κ1) is 15.4. The van der Waals surface area contributed by atoms with Gasteiger partial charge in [-0.1, -0.05) is 27.7 Å². The number of hydrogen-bond donors (Lipinski definition) is 0. The second kappa shape index (κ2) is 5.41. The molecule has 0 aromatic heterocycles. The SMILES string of the molecule is CCN1CCN(CC)P1(=S)O[C@H]1C(=O)OCC1(C)C. The molecule has 5 nitrogen and oxygen atoms in total. The van der Waals surface area contributed by atoms with Gasteiger partial charge in [0.25, 0.3) is 0 Å². The molecule has 2 heterocycles. The summed E-state index contributed by atoms with van der Waals surface area (Å²) in [7, 11) is 0. The molecule has 0 bridgehead atoms. The van der Waals surface area contributed by atoms with Crippen LogP contribution in [0.5, 0.6) is 0 Å². The van der Waals surface area contributed by atoms with E-state index in [0.29, 0.717) is 6.61 Å². The summed E-state index contributed by atoms with van der Waals surface area (Å²) in [6, 6.07) is 0. The van der Waals surface area contributed by atoms with E-state index in [0.717, 1.165) is 26.2 Å². The molecule has 7 heteroatoms. The highest BCUT2D eigenvalue weighted by Gasteiger charge is 2.50. The second-order valence-electron chi connectivity index (χ2n) is 5.66. The molecule has 0 aromatic carbocycles. The number of rotatable bonds is 4. The van der Waals surface area contributed by atoms with Gasteiger partial charge < -0.3 is 9.26 Å². The minimum Gasteiger partial charge on any atom is -0.463 e. The van der Waals surface area contributed by atoms with Crippen LogP contribution >= 0.6 is 6.57 Å². The Balaban J connectivity index is 2.24. The van der Waals surface area contributed by atoms with Crippen LogP contribution < -0.4 is 0 Å². The Morgan fingerprint density at radius 1 is 1.37 bits per heavy atom. The topological polar surface area (TPSA) is 42.0 Å². The van der Waals surface area contributed by atoms with E-state index in [9.17, 15) is 4.79 Å². The average Bonchev–Trinajstić information content (AvgIpc) is 2.81. The summed E-state index contributed by atoms with van der Waals surface area (Å²) >= 11 is 5.83. The highest BCUT2D eigenvalue weighted by molar-refractivity contribution is 8.10. The monoisotopic (exact) mass is 306 g/mol. The molecule has 2 rings (SSSR count). The van der Waals surface area contributed by atoms with Crippen LogP contribution in [-0.2, 0) is 25.9 Å². The first-order valence-electron chi connectivity index (χ1n) is 6.81. The van der Waals surface area contributed by atoms with E-state index in [4.69, 9.17) is 21.1 Å². The minimum atomic E-state index is -2.26. The number of esters is 1. The fourth-order valence-corrected chi connectivity index (χ4v) is 6.63. The van der Waals surface area contributed by atoms with Crippen molar-refractivity contribution in [2.45, 2.75) is 33.8 Å². The first-order valence-corrected chi connectivity index (χ1v) is 9.43. The molecule has 0 aromatic rings. The lowest BCUT2D eigenvalue weighted by molar-refractivity contribution is -0.143. The van der Waals surface area contributed by atoms with Gasteiger partial charge in [-0.3, -0.25) is 0 Å². The molecule has 0 N–H and O–H groups in total. The molecule has 0 saturated carbocycles. The van der Waals surface area contributed by atoms with Gasteiger partial charge in [0.1, 0.15) is 0 Å². The molecular formula is C12H23N2O3PS. The highest BCUT2D eigenvalue weighted by Crippen LogP contribution is 2.60. The maximum atomic E-state index is 11.9. The average molecular weight is 306 g/mol. The van der Waals surface area contributed by atoms with Crippen LogP contribution in [0, 0.1) is 5.41 Å². The van der Waals surface area contributed by atoms with Crippen molar-refractivity contribution in [2.24, 2.45) is 5.41 Å². The Kier molecular flexibility index (Phi) is 4.38. The van der Waals surface area contributed by atoms with Gasteiger partial charge in [-0.25, -0.2) is 14.1 Å². The van der Waals surface area contributed by atoms with Crippen molar-refractivity contribution in [2.75, 3.05) is 32.8 Å². The van der Waals surface area contributed by atoms with E-state index in [1.165, 1.54) is 0 Å². The molecule has 0 spiro atoms. The number of hydrogen-bond acceptors (Lipinski definition) is 4. The molecule has 2 fully saturated rings. The zero-order valence-electron chi connectivity index (χ0n) is 12.1. The van der Waals surface area contributed by atoms with Crippen molar-refractivity contribution in [1.82, 2.24) is 9.34 Å². The Bertz CT molecular complexity index is 400. The number of carbonyl (C=O) groups is 1. The Morgan fingerprint density at radius 3 is 2.26 bits per heavy atom. The highest BCUT2D eigenvalue weighted by atomic mass is 32.5. The zero-order chi connectivity index (χ0) is 14.3. The van der Waals surface area contributed by atoms with Gasteiger partial charge in [0, 0.05) is 31.6 Å². The van der Waals surface area contributed by atoms with Gasteiger partial charge in [-0.2, -0.15) is 0 Å². The largest absolute Gasteiger partial charge is 0.463 e. The standard InChI is InChI=1S/C12H23N2O3PS/c1-5-13-7-8-14(6-2)18(13,19)17-10-11(15)16-9-12(10,3)4/h10H,5-9H2,1-4H3/t10-/m0/s1. The van der Waals surface area contributed by atoms with Crippen LogP contribution in [0.15, 0.2) is 0 Å². The summed E-state index contributed by atoms with van der Waals surface area (Å²) in [4.78, 5) is 11.9. The molecule has 2 saturated heterocycles. The number of ether oxygens (including phenoxy) is 1. The Morgan fingerprint density at radius 2 is 1.89 bits per heavy atom. The van der Waals surface area contributed by atoms with Crippen LogP contribution in [0.1, 0.15) is 27.7 Å². The molecule has 19 heavy (non-hydrogen) atoms. The van der Waals surface area contributed by atoms with Gasteiger partial charge in [-0.05, 0) is 11.8 Å². The maximum absolute atomic E-state index is 11.9. The quantitative estimate of drug-likeness (QED) is 0.583. The summed E-state index contributed by atoms with van der Waals surface area (Å²) in [5.74, 6) is -0.270. The smallest absolute Gasteiger partial charge is 0.336 e. The summed E-state index contributed by atoms with van der Waals surface area (Å²) in [5.41, 5.74) is -0.301. The third-order valence-electron chi connectivity index (χ3n) is 3.81. The maximum Gasteiger partial charge on any atom is 0.336 e. The third-order valence-corrected chi connectivity index (χ3v) is 8.34. The van der Waals surface area contributed by atoms with E-state index in [1.807, 2.05) is 13.8 Å². The van der Waals surface area contributed by atoms with Gasteiger partial charge >= 0.3 is 5.97 Å². The van der Waals surface area contributed by atoms with Crippen LogP contribution in [0.3, 0.4) is 0 Å². The van der Waals surface area contributed by atoms with Crippen molar-refractivity contribution in [1.29, 1.82) is 0 Å². The summed E-state index contributed by atoms with van der Waals surface area (Å²) in [6.07, 6.45) is -0.542. The van der Waals surface area contributed by atoms with E-state index in [2.05, 4.69) is 23.2 Å². The molecule has 1 atom stereocenters. The van der Waals surface area contributed by atoms with Crippen LogP contribution in [0.2, 0.25) is 0 Å². The van der Waals surface area contributed by atoms with E-state index in [-0.39, 0.29) is 11.4 Å². The summed E-state index contributed by atoms with van der Waals surface area (Å²) < 4.78 is 15.7. The Hall–Kier alpha value is -0.000000000000000111. The molecule has 110 valence electrons. The predicted octanol–water partition coefficient (Wildman–Crippen LogP) is 1.84. The predicted molar refractivity (Wildman–Crippen MR) is 78.4 cm³/mol. The van der Waals surface area contributed by atoms with Crippen molar-refractivity contribution in [3.8, 4) is 0 Å². The third kappa shape index (κ3) is 2.61. The van der Waals surface area contributed by atoms with Crippen molar-refractivity contribution >= 4 is 24.3 Å². The fraction of sp³-hybridized carbons (Fsp3) is 0.917. The number of likely N-dealkylation sites (N-methyl/N-ethyl adjacent to an activating group) is 2. The zero-order valence-corrected chi connectivity index (χ0v) is 13.8. The normalized spacial score (nSPS) is 30.7. The van der Waals surface area contributed by atoms with E-state index < -0.39 is 12.7 Å². The van der Waals surface area contributed by atoms with Crippen LogP contribution in [0.4, 0.5) is 0 Å². The number of carbonyl (C=O) groups excluding carboxylic acids is 1. The molecule has 0 unspecified atom stereocenters. The van der Waals surface area contributed by atoms with Crippen LogP contribution in [0.25, 0.3) is 0 Å². The van der Waals surface area contributed by atoms with Crippen molar-refractivity contribution in [3.05, 3.63) is 0 Å². The summed E-state index contributed by atoms with van der Waals surface area (Å²) in [5, 5.41) is 0. The fourth-order valence-electron chi connectivity index (χ4n) is 2.52. The molecular weight excluding hydrogens is 283 g/mol. The van der Waals surface area contributed by atoms with Gasteiger partial charge in [0.15, 0.2) is 6.10 Å². The van der Waals surface area contributed by atoms with Gasteiger partial charge in [0.2, 0.25) is 6.57 Å². The van der Waals surface area contributed by atoms with E-state index >= 15 is 0 Å². The lowest BCUT2D eigenvalue weighted by Crippen LogP contribution is -2.35. The minimum absolute atomic E-state index is 0.270. The summed E-state index contributed by atoms with van der Waals surface area (Å²) in [6.45, 7) is 9.86. The Labute approximate surface area is 120 Å². The second-order valence-corrected chi connectivity index (χ2v) is 9.42. The number of nitrogens with zero attached hydrogens (tertiary/aromatic N) is 2. The van der Waals surface area contributed by atoms with Crippen LogP contribution in [-0.4, -0.2) is 54.2 Å². The van der Waals surface area contributed by atoms with E-state index in [1.54, 1.807) is 0 Å². The lowest BCUT2D eigenvalue weighted by atomic mass is 9.90. The molecule has 0 aliphatic carbocycles. The van der Waals surface area contributed by atoms with Crippen molar-refractivity contribution in [3.63, 3.8) is 0 Å².